The van der Waals surface area contributed by atoms with Gasteiger partial charge in [0.25, 0.3) is 5.56 Å². The lowest BCUT2D eigenvalue weighted by Crippen LogP contribution is -2.17. The molecule has 0 aliphatic carbocycles. The van der Waals surface area contributed by atoms with Gasteiger partial charge in [0.1, 0.15) is 0 Å². The van der Waals surface area contributed by atoms with Gasteiger partial charge in [-0.25, -0.2) is 9.50 Å². The largest absolute Gasteiger partial charge is 0.293 e. The van der Waals surface area contributed by atoms with Crippen molar-refractivity contribution in [3.8, 4) is 11.1 Å². The van der Waals surface area contributed by atoms with Crippen LogP contribution in [0.3, 0.4) is 0 Å². The van der Waals surface area contributed by atoms with Crippen molar-refractivity contribution in [2.24, 2.45) is 0 Å². The second-order valence-corrected chi connectivity index (χ2v) is 5.63. The summed E-state index contributed by atoms with van der Waals surface area (Å²) in [4.78, 5) is 17.2. The molecule has 0 bridgehead atoms. The Morgan fingerprint density at radius 3 is 2.71 bits per heavy atom. The predicted octanol–water partition coefficient (Wildman–Crippen LogP) is 2.50. The number of nitrogens with one attached hydrogen (secondary N) is 1. The first-order valence-corrected chi connectivity index (χ1v) is 7.92. The summed E-state index contributed by atoms with van der Waals surface area (Å²) in [5.41, 5.74) is 4.28. The van der Waals surface area contributed by atoms with Gasteiger partial charge < -0.3 is 0 Å². The minimum Gasteiger partial charge on any atom is -0.293 e. The Labute approximate surface area is 138 Å². The molecule has 4 rings (SSSR count). The molecule has 24 heavy (non-hydrogen) atoms. The molecule has 0 amide bonds. The summed E-state index contributed by atoms with van der Waals surface area (Å²) in [7, 11) is 0. The fourth-order valence-corrected chi connectivity index (χ4v) is 2.94. The summed E-state index contributed by atoms with van der Waals surface area (Å²) in [5, 5.41) is 7.37. The third-order valence-electron chi connectivity index (χ3n) is 4.04. The molecule has 1 N–H and O–H groups in total. The maximum atomic E-state index is 12.5. The molecule has 0 radical (unpaired) electrons. The van der Waals surface area contributed by atoms with Crippen LogP contribution < -0.4 is 5.56 Å². The first-order chi connectivity index (χ1) is 11.8. The van der Waals surface area contributed by atoms with Crippen molar-refractivity contribution in [2.45, 2.75) is 19.9 Å². The summed E-state index contributed by atoms with van der Waals surface area (Å²) >= 11 is 0. The van der Waals surface area contributed by atoms with Crippen molar-refractivity contribution >= 4 is 5.65 Å². The van der Waals surface area contributed by atoms with E-state index in [-0.39, 0.29) is 5.56 Å². The van der Waals surface area contributed by atoms with Crippen LogP contribution in [0.1, 0.15) is 18.3 Å². The molecule has 6 heteroatoms. The normalized spacial score (nSPS) is 11.2. The minimum atomic E-state index is -0.112. The van der Waals surface area contributed by atoms with Gasteiger partial charge in [0.2, 0.25) is 0 Å². The molecule has 0 atom stereocenters. The lowest BCUT2D eigenvalue weighted by Gasteiger charge is -2.04. The number of benzene rings is 1. The zero-order valence-corrected chi connectivity index (χ0v) is 13.3. The average molecular weight is 319 g/mol. The van der Waals surface area contributed by atoms with Crippen LogP contribution in [0.15, 0.2) is 59.7 Å². The van der Waals surface area contributed by atoms with E-state index in [0.717, 1.165) is 23.2 Å². The molecule has 0 aliphatic rings. The third-order valence-corrected chi connectivity index (χ3v) is 4.04. The zero-order chi connectivity index (χ0) is 16.5. The van der Waals surface area contributed by atoms with Gasteiger partial charge in [0.15, 0.2) is 5.65 Å². The highest BCUT2D eigenvalue weighted by molar-refractivity contribution is 5.79. The van der Waals surface area contributed by atoms with Crippen LogP contribution in [-0.4, -0.2) is 24.4 Å². The third kappa shape index (κ3) is 2.42. The van der Waals surface area contributed by atoms with E-state index in [9.17, 15) is 4.79 Å². The maximum Gasteiger partial charge on any atom is 0.272 e. The van der Waals surface area contributed by atoms with Gasteiger partial charge in [-0.05, 0) is 18.1 Å². The lowest BCUT2D eigenvalue weighted by molar-refractivity contribution is 0.669. The van der Waals surface area contributed by atoms with Gasteiger partial charge in [-0.3, -0.25) is 14.6 Å². The van der Waals surface area contributed by atoms with Crippen molar-refractivity contribution < 1.29 is 0 Å². The van der Waals surface area contributed by atoms with E-state index in [0.29, 0.717) is 17.9 Å². The minimum absolute atomic E-state index is 0.112. The first kappa shape index (κ1) is 14.4. The smallest absolute Gasteiger partial charge is 0.272 e. The zero-order valence-electron chi connectivity index (χ0n) is 13.3. The molecule has 6 nitrogen and oxygen atoms in total. The second-order valence-electron chi connectivity index (χ2n) is 5.63. The van der Waals surface area contributed by atoms with Crippen LogP contribution in [0.4, 0.5) is 0 Å². The highest BCUT2D eigenvalue weighted by Crippen LogP contribution is 2.27. The Balaban J connectivity index is 1.93. The van der Waals surface area contributed by atoms with Crippen molar-refractivity contribution in [3.05, 3.63) is 76.6 Å². The van der Waals surface area contributed by atoms with Gasteiger partial charge in [0.05, 0.1) is 12.2 Å². The van der Waals surface area contributed by atoms with Crippen LogP contribution in [0, 0.1) is 0 Å². The van der Waals surface area contributed by atoms with Gasteiger partial charge in [-0.1, -0.05) is 37.3 Å². The molecule has 4 aromatic rings. The van der Waals surface area contributed by atoms with Gasteiger partial charge >= 0.3 is 0 Å². The van der Waals surface area contributed by atoms with Gasteiger partial charge in [0, 0.05) is 29.7 Å². The van der Waals surface area contributed by atoms with Crippen molar-refractivity contribution in [3.63, 3.8) is 0 Å². The molecular weight excluding hydrogens is 302 g/mol. The fourth-order valence-electron chi connectivity index (χ4n) is 2.94. The molecule has 1 aromatic carbocycles. The van der Waals surface area contributed by atoms with E-state index in [1.54, 1.807) is 16.9 Å². The summed E-state index contributed by atoms with van der Waals surface area (Å²) in [5.74, 6) is 0. The number of H-pyrrole nitrogens is 1. The first-order valence-electron chi connectivity index (χ1n) is 7.92. The van der Waals surface area contributed by atoms with E-state index in [4.69, 9.17) is 4.98 Å². The quantitative estimate of drug-likeness (QED) is 0.628. The Morgan fingerprint density at radius 1 is 1.17 bits per heavy atom. The Hall–Kier alpha value is -3.15. The number of fused-ring (bicyclic) bond motifs is 1. The lowest BCUT2D eigenvalue weighted by atomic mass is 10.0. The van der Waals surface area contributed by atoms with E-state index in [1.807, 2.05) is 42.6 Å². The Morgan fingerprint density at radius 2 is 2.00 bits per heavy atom. The van der Waals surface area contributed by atoms with Crippen LogP contribution in [-0.2, 0) is 13.0 Å². The number of aryl methyl sites for hydroxylation is 1. The average Bonchev–Trinajstić information content (AvgIpc) is 3.23. The van der Waals surface area contributed by atoms with Crippen molar-refractivity contribution in [1.29, 1.82) is 0 Å². The van der Waals surface area contributed by atoms with Crippen LogP contribution in [0.25, 0.3) is 16.8 Å². The highest BCUT2D eigenvalue weighted by Gasteiger charge is 2.16. The molecule has 120 valence electrons. The molecular formula is C18H17N5O. The number of hydrogen-bond donors (Lipinski definition) is 1. The molecule has 0 saturated heterocycles. The number of nitrogens with zero attached hydrogens (tertiary/aromatic N) is 4. The summed E-state index contributed by atoms with van der Waals surface area (Å²) < 4.78 is 3.28. The number of hydrogen-bond acceptors (Lipinski definition) is 3. The molecule has 0 unspecified atom stereocenters. The predicted molar refractivity (Wildman–Crippen MR) is 92.0 cm³/mol. The standard InChI is InChI=1S/C18H17N5O/c1-2-15-17(13-7-4-3-5-8-13)18-20-14(11-16(24)23(18)21-15)12-22-10-6-9-19-22/h3-11,21H,2,12H2,1H3. The Bertz CT molecular complexity index is 1030. The van der Waals surface area contributed by atoms with Crippen LogP contribution >= 0.6 is 0 Å². The van der Waals surface area contributed by atoms with Crippen LogP contribution in [0.5, 0.6) is 0 Å². The van der Waals surface area contributed by atoms with Crippen molar-refractivity contribution in [1.82, 2.24) is 24.4 Å². The molecule has 0 spiro atoms. The summed E-state index contributed by atoms with van der Waals surface area (Å²) in [6.45, 7) is 2.53. The molecule has 0 aliphatic heterocycles. The molecule has 0 saturated carbocycles. The van der Waals surface area contributed by atoms with Crippen molar-refractivity contribution in [2.75, 3.05) is 0 Å². The number of aromatic amines is 1. The van der Waals surface area contributed by atoms with E-state index >= 15 is 0 Å². The van der Waals surface area contributed by atoms with E-state index in [2.05, 4.69) is 17.1 Å². The molecule has 0 fully saturated rings. The maximum absolute atomic E-state index is 12.5. The molecule has 3 heterocycles. The van der Waals surface area contributed by atoms with Gasteiger partial charge in [-0.15, -0.1) is 0 Å². The number of rotatable bonds is 4. The Kier molecular flexibility index (Phi) is 3.49. The van der Waals surface area contributed by atoms with E-state index < -0.39 is 0 Å². The topological polar surface area (TPSA) is 68.0 Å². The van der Waals surface area contributed by atoms with Gasteiger partial charge in [-0.2, -0.15) is 5.10 Å². The highest BCUT2D eigenvalue weighted by atomic mass is 16.1. The SMILES string of the molecule is CCc1[nH]n2c(=O)cc(Cn3cccn3)nc2c1-c1ccccc1. The molecule has 3 aromatic heterocycles. The summed E-state index contributed by atoms with van der Waals surface area (Å²) in [6.07, 6.45) is 4.37. The monoisotopic (exact) mass is 319 g/mol. The number of aromatic nitrogens is 5. The van der Waals surface area contributed by atoms with E-state index in [1.165, 1.54) is 4.52 Å². The van der Waals surface area contributed by atoms with Crippen LogP contribution in [0.2, 0.25) is 0 Å². The fraction of sp³-hybridized carbons (Fsp3) is 0.167. The second kappa shape index (κ2) is 5.81. The summed E-state index contributed by atoms with van der Waals surface area (Å²) in [6, 6.07) is 13.4.